The number of rotatable bonds is 2. The molecule has 70 valence electrons. The number of hydrogen-bond acceptors (Lipinski definition) is 1. The van der Waals surface area contributed by atoms with Gasteiger partial charge in [-0.3, -0.25) is 0 Å². The SMILES string of the molecule is FC/C(Cl)=N/c1ccc(Cl)cc1Cl. The molecule has 13 heavy (non-hydrogen) atoms. The van der Waals surface area contributed by atoms with Crippen molar-refractivity contribution in [1.82, 2.24) is 0 Å². The van der Waals surface area contributed by atoms with Crippen molar-refractivity contribution in [3.05, 3.63) is 28.2 Å². The average Bonchev–Trinajstić information content (AvgIpc) is 2.09. The first-order valence-electron chi connectivity index (χ1n) is 3.37. The van der Waals surface area contributed by atoms with E-state index >= 15 is 0 Å². The smallest absolute Gasteiger partial charge is 0.142 e. The average molecular weight is 240 g/mol. The molecule has 1 aromatic carbocycles. The predicted molar refractivity (Wildman–Crippen MR) is 55.4 cm³/mol. The molecule has 1 nitrogen and oxygen atoms in total. The first-order valence-corrected chi connectivity index (χ1v) is 4.51. The highest BCUT2D eigenvalue weighted by molar-refractivity contribution is 6.66. The highest BCUT2D eigenvalue weighted by atomic mass is 35.5. The van der Waals surface area contributed by atoms with Crippen LogP contribution in [0.1, 0.15) is 0 Å². The summed E-state index contributed by atoms with van der Waals surface area (Å²) in [5.74, 6) is 0. The summed E-state index contributed by atoms with van der Waals surface area (Å²) < 4.78 is 12.0. The Labute approximate surface area is 90.1 Å². The Hall–Kier alpha value is -0.310. The van der Waals surface area contributed by atoms with Crippen LogP contribution < -0.4 is 0 Å². The fourth-order valence-electron chi connectivity index (χ4n) is 0.733. The molecule has 0 unspecified atom stereocenters. The van der Waals surface area contributed by atoms with Crippen molar-refractivity contribution in [2.75, 3.05) is 6.67 Å². The minimum Gasteiger partial charge on any atom is -0.243 e. The monoisotopic (exact) mass is 239 g/mol. The summed E-state index contributed by atoms with van der Waals surface area (Å²) in [4.78, 5) is 3.73. The lowest BCUT2D eigenvalue weighted by Gasteiger charge is -1.98. The summed E-state index contributed by atoms with van der Waals surface area (Å²) in [5, 5.41) is 0.712. The number of benzene rings is 1. The van der Waals surface area contributed by atoms with Crippen LogP contribution in [0.5, 0.6) is 0 Å². The van der Waals surface area contributed by atoms with Crippen LogP contribution in [-0.2, 0) is 0 Å². The Morgan fingerprint density at radius 1 is 1.38 bits per heavy atom. The third-order valence-electron chi connectivity index (χ3n) is 1.26. The molecule has 0 heterocycles. The Morgan fingerprint density at radius 3 is 2.62 bits per heavy atom. The zero-order valence-electron chi connectivity index (χ0n) is 6.40. The molecule has 0 aliphatic carbocycles. The summed E-state index contributed by atoms with van der Waals surface area (Å²) in [5.41, 5.74) is 0.411. The summed E-state index contributed by atoms with van der Waals surface area (Å²) in [6, 6.07) is 4.70. The van der Waals surface area contributed by atoms with Crippen molar-refractivity contribution in [3.8, 4) is 0 Å². The Kier molecular flexibility index (Phi) is 3.97. The number of nitrogens with zero attached hydrogens (tertiary/aromatic N) is 1. The summed E-state index contributed by atoms with van der Waals surface area (Å²) in [6.45, 7) is -0.805. The maximum absolute atomic E-state index is 12.0. The standard InChI is InChI=1S/C8H5Cl3FN/c9-5-1-2-7(6(10)3-5)13-8(11)4-12/h1-3H,4H2/b13-8-. The maximum atomic E-state index is 12.0. The quantitative estimate of drug-likeness (QED) is 0.686. The van der Waals surface area contributed by atoms with E-state index in [2.05, 4.69) is 4.99 Å². The van der Waals surface area contributed by atoms with E-state index in [0.29, 0.717) is 15.7 Å². The van der Waals surface area contributed by atoms with Gasteiger partial charge in [0, 0.05) is 5.02 Å². The second-order valence-electron chi connectivity index (χ2n) is 2.22. The van der Waals surface area contributed by atoms with Crippen LogP contribution >= 0.6 is 34.8 Å². The van der Waals surface area contributed by atoms with Crippen molar-refractivity contribution in [2.45, 2.75) is 0 Å². The van der Waals surface area contributed by atoms with Gasteiger partial charge in [0.05, 0.1) is 10.7 Å². The molecule has 0 aliphatic heterocycles. The zero-order chi connectivity index (χ0) is 9.84. The van der Waals surface area contributed by atoms with Gasteiger partial charge in [0.1, 0.15) is 11.8 Å². The van der Waals surface area contributed by atoms with Gasteiger partial charge < -0.3 is 0 Å². The van der Waals surface area contributed by atoms with Gasteiger partial charge >= 0.3 is 0 Å². The highest BCUT2D eigenvalue weighted by Crippen LogP contribution is 2.28. The maximum Gasteiger partial charge on any atom is 0.142 e. The molecule has 0 spiro atoms. The van der Waals surface area contributed by atoms with Crippen LogP contribution in [0.3, 0.4) is 0 Å². The first-order chi connectivity index (χ1) is 6.13. The lowest BCUT2D eigenvalue weighted by Crippen LogP contribution is -1.87. The van der Waals surface area contributed by atoms with E-state index in [9.17, 15) is 4.39 Å². The Balaban J connectivity index is 3.03. The highest BCUT2D eigenvalue weighted by Gasteiger charge is 2.00. The van der Waals surface area contributed by atoms with E-state index in [-0.39, 0.29) is 5.17 Å². The third-order valence-corrected chi connectivity index (χ3v) is 1.99. The topological polar surface area (TPSA) is 12.4 Å². The molecule has 0 radical (unpaired) electrons. The fourth-order valence-corrected chi connectivity index (χ4v) is 1.27. The molecule has 0 atom stereocenters. The van der Waals surface area contributed by atoms with Crippen molar-refractivity contribution >= 4 is 45.7 Å². The summed E-state index contributed by atoms with van der Waals surface area (Å²) in [6.07, 6.45) is 0. The van der Waals surface area contributed by atoms with E-state index in [0.717, 1.165) is 0 Å². The van der Waals surface area contributed by atoms with Crippen LogP contribution in [0.15, 0.2) is 23.2 Å². The van der Waals surface area contributed by atoms with E-state index in [1.165, 1.54) is 6.07 Å². The second-order valence-corrected chi connectivity index (χ2v) is 3.50. The molecule has 0 aliphatic rings. The van der Waals surface area contributed by atoms with Gasteiger partial charge in [-0.25, -0.2) is 9.38 Å². The zero-order valence-corrected chi connectivity index (χ0v) is 8.67. The lowest BCUT2D eigenvalue weighted by molar-refractivity contribution is 0.585. The van der Waals surface area contributed by atoms with Crippen molar-refractivity contribution < 1.29 is 4.39 Å². The number of alkyl halides is 1. The van der Waals surface area contributed by atoms with Crippen LogP contribution in [0, 0.1) is 0 Å². The predicted octanol–water partition coefficient (Wildman–Crippen LogP) is 4.23. The molecule has 1 aromatic rings. The fraction of sp³-hybridized carbons (Fsp3) is 0.125. The molecule has 0 N–H and O–H groups in total. The molecular formula is C8H5Cl3FN. The van der Waals surface area contributed by atoms with E-state index in [1.54, 1.807) is 12.1 Å². The van der Waals surface area contributed by atoms with Gasteiger partial charge in [0.2, 0.25) is 0 Å². The molecule has 0 saturated carbocycles. The van der Waals surface area contributed by atoms with E-state index in [1.807, 2.05) is 0 Å². The molecule has 0 fully saturated rings. The van der Waals surface area contributed by atoms with Gasteiger partial charge in [-0.1, -0.05) is 34.8 Å². The molecule has 0 bridgehead atoms. The van der Waals surface area contributed by atoms with Crippen molar-refractivity contribution in [2.24, 2.45) is 4.99 Å². The van der Waals surface area contributed by atoms with E-state index in [4.69, 9.17) is 34.8 Å². The van der Waals surface area contributed by atoms with Gasteiger partial charge in [-0.2, -0.15) is 0 Å². The molecular weight excluding hydrogens is 235 g/mol. The number of hydrogen-bond donors (Lipinski definition) is 0. The van der Waals surface area contributed by atoms with Gasteiger partial charge in [-0.15, -0.1) is 0 Å². The third kappa shape index (κ3) is 3.14. The van der Waals surface area contributed by atoms with Crippen LogP contribution in [0.25, 0.3) is 0 Å². The molecule has 0 aromatic heterocycles. The van der Waals surface area contributed by atoms with Gasteiger partial charge in [0.25, 0.3) is 0 Å². The van der Waals surface area contributed by atoms with Crippen molar-refractivity contribution in [1.29, 1.82) is 0 Å². The normalized spacial score (nSPS) is 11.8. The van der Waals surface area contributed by atoms with E-state index < -0.39 is 6.67 Å². The lowest BCUT2D eigenvalue weighted by atomic mass is 10.3. The number of aliphatic imine (C=N–C) groups is 1. The first kappa shape index (κ1) is 10.8. The molecule has 0 amide bonds. The number of halogens is 4. The largest absolute Gasteiger partial charge is 0.243 e. The molecule has 0 saturated heterocycles. The minimum absolute atomic E-state index is 0.135. The van der Waals surface area contributed by atoms with Crippen LogP contribution in [0.4, 0.5) is 10.1 Å². The second kappa shape index (κ2) is 4.80. The van der Waals surface area contributed by atoms with Crippen LogP contribution in [0.2, 0.25) is 10.0 Å². The van der Waals surface area contributed by atoms with Gasteiger partial charge in [0.15, 0.2) is 0 Å². The molecule has 1 rings (SSSR count). The Morgan fingerprint density at radius 2 is 2.08 bits per heavy atom. The van der Waals surface area contributed by atoms with Crippen molar-refractivity contribution in [3.63, 3.8) is 0 Å². The summed E-state index contributed by atoms with van der Waals surface area (Å²) in [7, 11) is 0. The molecule has 5 heteroatoms. The van der Waals surface area contributed by atoms with Crippen LogP contribution in [-0.4, -0.2) is 11.8 Å². The van der Waals surface area contributed by atoms with Gasteiger partial charge in [-0.05, 0) is 18.2 Å². The summed E-state index contributed by atoms with van der Waals surface area (Å²) >= 11 is 16.8. The minimum atomic E-state index is -0.805. The Bertz CT molecular complexity index is 338.